The molecule has 106 valence electrons. The molecule has 0 aliphatic carbocycles. The second-order valence-electron chi connectivity index (χ2n) is 4.24. The van der Waals surface area contributed by atoms with Crippen molar-refractivity contribution >= 4 is 23.2 Å². The Morgan fingerprint density at radius 2 is 2.32 bits per heavy atom. The number of rotatable bonds is 9. The molecule has 1 aromatic rings. The molecule has 0 unspecified atom stereocenters. The van der Waals surface area contributed by atoms with E-state index in [1.54, 1.807) is 18.4 Å². The highest BCUT2D eigenvalue weighted by atomic mass is 32.1. The van der Waals surface area contributed by atoms with Gasteiger partial charge in [0.15, 0.2) is 0 Å². The Morgan fingerprint density at radius 1 is 1.53 bits per heavy atom. The molecule has 0 saturated heterocycles. The molecule has 3 N–H and O–H groups in total. The van der Waals surface area contributed by atoms with Crippen LogP contribution in [0, 0.1) is 0 Å². The summed E-state index contributed by atoms with van der Waals surface area (Å²) < 4.78 is 4.88. The van der Waals surface area contributed by atoms with Gasteiger partial charge in [0.25, 0.3) is 0 Å². The zero-order chi connectivity index (χ0) is 14.1. The maximum absolute atomic E-state index is 11.7. The Labute approximate surface area is 117 Å². The van der Waals surface area contributed by atoms with Crippen LogP contribution in [0.1, 0.15) is 24.1 Å². The normalized spacial score (nSPS) is 12.1. The molecule has 1 atom stereocenters. The minimum absolute atomic E-state index is 0.142. The van der Waals surface area contributed by atoms with Crippen LogP contribution in [-0.2, 0) is 20.7 Å². The smallest absolute Gasteiger partial charge is 0.240 e. The molecule has 1 aromatic heterocycles. The molecule has 0 saturated carbocycles. The number of hydrogen-bond donors (Lipinski definition) is 2. The number of carbonyl (C=O) groups is 2. The molecule has 0 aromatic carbocycles. The highest BCUT2D eigenvalue weighted by molar-refractivity contribution is 7.09. The van der Waals surface area contributed by atoms with Crippen LogP contribution < -0.4 is 11.1 Å². The van der Waals surface area contributed by atoms with Crippen molar-refractivity contribution in [2.75, 3.05) is 13.7 Å². The van der Waals surface area contributed by atoms with Crippen LogP contribution in [0.25, 0.3) is 0 Å². The summed E-state index contributed by atoms with van der Waals surface area (Å²) >= 11 is 1.68. The van der Waals surface area contributed by atoms with E-state index in [1.807, 2.05) is 17.5 Å². The average Bonchev–Trinajstić information content (AvgIpc) is 2.87. The van der Waals surface area contributed by atoms with Crippen molar-refractivity contribution in [3.05, 3.63) is 22.4 Å². The number of thiophene rings is 1. The van der Waals surface area contributed by atoms with Gasteiger partial charge in [-0.3, -0.25) is 9.59 Å². The maximum Gasteiger partial charge on any atom is 0.240 e. The number of nitrogens with two attached hydrogens (primary N) is 1. The van der Waals surface area contributed by atoms with E-state index in [2.05, 4.69) is 5.32 Å². The zero-order valence-electron chi connectivity index (χ0n) is 11.1. The lowest BCUT2D eigenvalue weighted by Gasteiger charge is -2.14. The van der Waals surface area contributed by atoms with Crippen LogP contribution >= 0.6 is 11.3 Å². The first-order valence-corrected chi connectivity index (χ1v) is 7.11. The summed E-state index contributed by atoms with van der Waals surface area (Å²) in [6.45, 7) is 0.392. The molecular formula is C13H20N2O3S. The lowest BCUT2D eigenvalue weighted by molar-refractivity contribution is -0.127. The third-order valence-electron chi connectivity index (χ3n) is 2.70. The van der Waals surface area contributed by atoms with Crippen LogP contribution in [0.15, 0.2) is 17.5 Å². The number of nitrogens with one attached hydrogen (secondary N) is 1. The number of ether oxygens (including phenoxy) is 1. The van der Waals surface area contributed by atoms with Gasteiger partial charge in [-0.1, -0.05) is 6.07 Å². The largest absolute Gasteiger partial charge is 0.385 e. The lowest BCUT2D eigenvalue weighted by Crippen LogP contribution is -2.45. The monoisotopic (exact) mass is 284 g/mol. The van der Waals surface area contributed by atoms with Crippen LogP contribution in [0.3, 0.4) is 0 Å². The standard InChI is InChI=1S/C13H20N2O3S/c1-18-8-7-11(13(14)17)15-12(16)6-2-4-10-5-3-9-19-10/h3,5,9,11H,2,4,6-8H2,1H3,(H2,14,17)(H,15,16)/t11-/m0/s1. The van der Waals surface area contributed by atoms with Gasteiger partial charge < -0.3 is 15.8 Å². The summed E-state index contributed by atoms with van der Waals surface area (Å²) in [6, 6.07) is 3.40. The minimum Gasteiger partial charge on any atom is -0.385 e. The molecule has 19 heavy (non-hydrogen) atoms. The van der Waals surface area contributed by atoms with E-state index in [-0.39, 0.29) is 5.91 Å². The quantitative estimate of drug-likeness (QED) is 0.712. The summed E-state index contributed by atoms with van der Waals surface area (Å²) in [5.41, 5.74) is 5.22. The van der Waals surface area contributed by atoms with Crippen LogP contribution in [0.5, 0.6) is 0 Å². The summed E-state index contributed by atoms with van der Waals surface area (Å²) in [5.74, 6) is -0.667. The van der Waals surface area contributed by atoms with Crippen LogP contribution in [0.4, 0.5) is 0 Å². The summed E-state index contributed by atoms with van der Waals surface area (Å²) in [6.07, 6.45) is 2.45. The fraction of sp³-hybridized carbons (Fsp3) is 0.538. The van der Waals surface area contributed by atoms with Gasteiger partial charge in [-0.05, 0) is 30.7 Å². The first-order chi connectivity index (χ1) is 9.13. The highest BCUT2D eigenvalue weighted by Crippen LogP contribution is 2.11. The summed E-state index contributed by atoms with van der Waals surface area (Å²) in [5, 5.41) is 4.66. The predicted molar refractivity (Wildman–Crippen MR) is 74.9 cm³/mol. The van der Waals surface area contributed by atoms with E-state index in [9.17, 15) is 9.59 Å². The first-order valence-electron chi connectivity index (χ1n) is 6.23. The number of aryl methyl sites for hydroxylation is 1. The molecule has 0 fully saturated rings. The number of amides is 2. The molecular weight excluding hydrogens is 264 g/mol. The highest BCUT2D eigenvalue weighted by Gasteiger charge is 2.17. The van der Waals surface area contributed by atoms with Gasteiger partial charge in [0.05, 0.1) is 0 Å². The molecule has 0 spiro atoms. The average molecular weight is 284 g/mol. The molecule has 5 nitrogen and oxygen atoms in total. The van der Waals surface area contributed by atoms with Crippen LogP contribution in [-0.4, -0.2) is 31.6 Å². The number of primary amides is 1. The van der Waals surface area contributed by atoms with E-state index in [0.717, 1.165) is 12.8 Å². The fourth-order valence-corrected chi connectivity index (χ4v) is 2.42. The van der Waals surface area contributed by atoms with Crippen LogP contribution in [0.2, 0.25) is 0 Å². The predicted octanol–water partition coefficient (Wildman–Crippen LogP) is 1.08. The van der Waals surface area contributed by atoms with Crippen molar-refractivity contribution in [3.63, 3.8) is 0 Å². The van der Waals surface area contributed by atoms with Gasteiger partial charge in [0.1, 0.15) is 6.04 Å². The second kappa shape index (κ2) is 8.66. The number of hydrogen-bond acceptors (Lipinski definition) is 4. The van der Waals surface area contributed by atoms with Gasteiger partial charge in [0, 0.05) is 25.0 Å². The SMILES string of the molecule is COCC[C@H](NC(=O)CCCc1cccs1)C(N)=O. The van der Waals surface area contributed by atoms with Gasteiger partial charge in [-0.2, -0.15) is 0 Å². The number of carbonyl (C=O) groups excluding carboxylic acids is 2. The maximum atomic E-state index is 11.7. The van der Waals surface area contributed by atoms with E-state index in [1.165, 1.54) is 4.88 Å². The van der Waals surface area contributed by atoms with E-state index < -0.39 is 11.9 Å². The van der Waals surface area contributed by atoms with E-state index >= 15 is 0 Å². The lowest BCUT2D eigenvalue weighted by atomic mass is 10.1. The topological polar surface area (TPSA) is 81.4 Å². The molecule has 6 heteroatoms. The third kappa shape index (κ3) is 6.35. The van der Waals surface area contributed by atoms with E-state index in [0.29, 0.717) is 19.4 Å². The minimum atomic E-state index is -0.644. The van der Waals surface area contributed by atoms with Crippen molar-refractivity contribution in [2.45, 2.75) is 31.7 Å². The Morgan fingerprint density at radius 3 is 2.89 bits per heavy atom. The molecule has 0 bridgehead atoms. The Bertz CT molecular complexity index is 393. The Balaban J connectivity index is 2.25. The molecule has 2 amide bonds. The van der Waals surface area contributed by atoms with Crippen molar-refractivity contribution in [2.24, 2.45) is 5.73 Å². The van der Waals surface area contributed by atoms with Crippen molar-refractivity contribution in [1.29, 1.82) is 0 Å². The summed E-state index contributed by atoms with van der Waals surface area (Å²) in [7, 11) is 1.54. The first kappa shape index (κ1) is 15.7. The Hall–Kier alpha value is -1.40. The summed E-state index contributed by atoms with van der Waals surface area (Å²) in [4.78, 5) is 24.1. The van der Waals surface area contributed by atoms with E-state index in [4.69, 9.17) is 10.5 Å². The third-order valence-corrected chi connectivity index (χ3v) is 3.63. The molecule has 0 radical (unpaired) electrons. The molecule has 0 aliphatic rings. The van der Waals surface area contributed by atoms with Gasteiger partial charge >= 0.3 is 0 Å². The number of methoxy groups -OCH3 is 1. The zero-order valence-corrected chi connectivity index (χ0v) is 11.9. The van der Waals surface area contributed by atoms with Gasteiger partial charge in [-0.25, -0.2) is 0 Å². The Kier molecular flexibility index (Phi) is 7.14. The molecule has 0 aliphatic heterocycles. The second-order valence-corrected chi connectivity index (χ2v) is 5.27. The van der Waals surface area contributed by atoms with Crippen molar-refractivity contribution < 1.29 is 14.3 Å². The van der Waals surface area contributed by atoms with Gasteiger partial charge in [0.2, 0.25) is 11.8 Å². The van der Waals surface area contributed by atoms with Crippen molar-refractivity contribution in [3.8, 4) is 0 Å². The molecule has 1 rings (SSSR count). The molecule has 1 heterocycles. The van der Waals surface area contributed by atoms with Gasteiger partial charge in [-0.15, -0.1) is 11.3 Å². The fourth-order valence-electron chi connectivity index (χ4n) is 1.67. The van der Waals surface area contributed by atoms with Crippen molar-refractivity contribution in [1.82, 2.24) is 5.32 Å².